The zero-order valence-electron chi connectivity index (χ0n) is 23.6. The Morgan fingerprint density at radius 3 is 2.09 bits per heavy atom. The Kier molecular flexibility index (Phi) is 10.6. The van der Waals surface area contributed by atoms with Gasteiger partial charge in [-0.2, -0.15) is 0 Å². The first-order valence-corrected chi connectivity index (χ1v) is 15.6. The first-order chi connectivity index (χ1) is 16.3. The highest BCUT2D eigenvalue weighted by Crippen LogP contribution is 2.42. The molecule has 1 aromatic rings. The van der Waals surface area contributed by atoms with Gasteiger partial charge in [0.1, 0.15) is 5.60 Å². The van der Waals surface area contributed by atoms with E-state index in [0.717, 1.165) is 12.8 Å². The number of likely N-dealkylation sites (tertiary alicyclic amines) is 1. The van der Waals surface area contributed by atoms with Crippen molar-refractivity contribution in [3.05, 3.63) is 35.9 Å². The van der Waals surface area contributed by atoms with Gasteiger partial charge in [-0.1, -0.05) is 71.9 Å². The molecule has 1 aliphatic heterocycles. The lowest BCUT2D eigenvalue weighted by Crippen LogP contribution is -2.49. The van der Waals surface area contributed by atoms with Crippen LogP contribution in [-0.4, -0.2) is 49.9 Å². The molecule has 1 heterocycles. The fourth-order valence-electron chi connectivity index (χ4n) is 5.96. The summed E-state index contributed by atoms with van der Waals surface area (Å²) < 4.78 is 12.5. The number of rotatable bonds is 11. The molecule has 0 aromatic heterocycles. The number of benzene rings is 1. The summed E-state index contributed by atoms with van der Waals surface area (Å²) in [7, 11) is -2.04. The SMILES string of the molecule is CC(C)[Si](OCC(CC(=O)[C@@H]1CCCN1C(=O)OC(C)(C)C)Cc1ccccc1)(C(C)C)C(C)C. The van der Waals surface area contributed by atoms with Gasteiger partial charge < -0.3 is 9.16 Å². The number of ether oxygens (including phenoxy) is 1. The third kappa shape index (κ3) is 7.91. The summed E-state index contributed by atoms with van der Waals surface area (Å²) in [4.78, 5) is 28.0. The number of ketones is 1. The molecule has 0 saturated carbocycles. The van der Waals surface area contributed by atoms with Crippen molar-refractivity contribution in [1.82, 2.24) is 4.90 Å². The van der Waals surface area contributed by atoms with Gasteiger partial charge in [0.2, 0.25) is 0 Å². The molecule has 0 aliphatic carbocycles. The number of nitrogens with zero attached hydrogens (tertiary/aromatic N) is 1. The molecule has 35 heavy (non-hydrogen) atoms. The van der Waals surface area contributed by atoms with E-state index in [0.29, 0.717) is 42.6 Å². The Morgan fingerprint density at radius 1 is 1.00 bits per heavy atom. The highest BCUT2D eigenvalue weighted by Gasteiger charge is 2.45. The van der Waals surface area contributed by atoms with Gasteiger partial charge in [0.25, 0.3) is 0 Å². The summed E-state index contributed by atoms with van der Waals surface area (Å²) in [5.74, 6) is 0.206. The number of Topliss-reactive ketones (excluding diaryl/α,β-unsaturated/α-hetero) is 1. The number of hydrogen-bond donors (Lipinski definition) is 0. The van der Waals surface area contributed by atoms with E-state index in [2.05, 4.69) is 53.7 Å². The smallest absolute Gasteiger partial charge is 0.410 e. The van der Waals surface area contributed by atoms with Crippen molar-refractivity contribution in [3.8, 4) is 0 Å². The van der Waals surface area contributed by atoms with Crippen LogP contribution in [0.2, 0.25) is 16.6 Å². The second-order valence-corrected chi connectivity index (χ2v) is 17.6. The van der Waals surface area contributed by atoms with Crippen molar-refractivity contribution in [1.29, 1.82) is 0 Å². The lowest BCUT2D eigenvalue weighted by Gasteiger charge is -2.43. The summed E-state index contributed by atoms with van der Waals surface area (Å²) in [6, 6.07) is 9.96. The van der Waals surface area contributed by atoms with Gasteiger partial charge in [0.05, 0.1) is 6.04 Å². The molecular weight excluding hydrogens is 454 g/mol. The zero-order chi connectivity index (χ0) is 26.4. The first kappa shape index (κ1) is 29.6. The van der Waals surface area contributed by atoms with E-state index in [9.17, 15) is 9.59 Å². The number of carbonyl (C=O) groups excluding carboxylic acids is 2. The molecular formula is C29H49NO4Si. The van der Waals surface area contributed by atoms with Crippen molar-refractivity contribution in [2.24, 2.45) is 5.92 Å². The zero-order valence-corrected chi connectivity index (χ0v) is 24.6. The third-order valence-electron chi connectivity index (χ3n) is 7.39. The molecule has 2 rings (SSSR count). The fraction of sp³-hybridized carbons (Fsp3) is 0.724. The highest BCUT2D eigenvalue weighted by atomic mass is 28.4. The largest absolute Gasteiger partial charge is 0.444 e. The van der Waals surface area contributed by atoms with Gasteiger partial charge in [-0.05, 0) is 68.1 Å². The van der Waals surface area contributed by atoms with Crippen LogP contribution in [-0.2, 0) is 20.4 Å². The molecule has 198 valence electrons. The molecule has 2 atom stereocenters. The van der Waals surface area contributed by atoms with E-state index in [1.54, 1.807) is 4.90 Å². The molecule has 1 unspecified atom stereocenters. The van der Waals surface area contributed by atoms with Crippen LogP contribution in [0.5, 0.6) is 0 Å². The molecule has 1 aromatic carbocycles. The van der Waals surface area contributed by atoms with Crippen molar-refractivity contribution in [2.75, 3.05) is 13.2 Å². The highest BCUT2D eigenvalue weighted by molar-refractivity contribution is 6.77. The van der Waals surface area contributed by atoms with Crippen LogP contribution in [0.15, 0.2) is 30.3 Å². The Labute approximate surface area is 215 Å². The van der Waals surface area contributed by atoms with Gasteiger partial charge in [-0.25, -0.2) is 4.79 Å². The predicted molar refractivity (Wildman–Crippen MR) is 146 cm³/mol. The van der Waals surface area contributed by atoms with Crippen molar-refractivity contribution in [3.63, 3.8) is 0 Å². The van der Waals surface area contributed by atoms with Crippen molar-refractivity contribution in [2.45, 2.75) is 116 Å². The van der Waals surface area contributed by atoms with Crippen LogP contribution < -0.4 is 0 Å². The molecule has 1 fully saturated rings. The van der Waals surface area contributed by atoms with Crippen LogP contribution in [0.4, 0.5) is 4.79 Å². The van der Waals surface area contributed by atoms with Gasteiger partial charge in [0.15, 0.2) is 14.1 Å². The summed E-state index contributed by atoms with van der Waals surface area (Å²) in [5, 5.41) is 0. The molecule has 1 amide bonds. The molecule has 1 aliphatic rings. The molecule has 0 bridgehead atoms. The Morgan fingerprint density at radius 2 is 1.57 bits per heavy atom. The van der Waals surface area contributed by atoms with E-state index in [4.69, 9.17) is 9.16 Å². The Bertz CT molecular complexity index is 794. The minimum absolute atomic E-state index is 0.0779. The topological polar surface area (TPSA) is 55.8 Å². The second-order valence-electron chi connectivity index (χ2n) is 12.2. The summed E-state index contributed by atoms with van der Waals surface area (Å²) in [5.41, 5.74) is 2.12. The lowest BCUT2D eigenvalue weighted by molar-refractivity contribution is -0.124. The minimum atomic E-state index is -2.04. The Hall–Kier alpha value is -1.66. The van der Waals surface area contributed by atoms with Crippen LogP contribution in [0.3, 0.4) is 0 Å². The number of carbonyl (C=O) groups is 2. The maximum atomic E-state index is 13.6. The standard InChI is InChI=1S/C29H49NO4Si/c1-21(2)35(22(3)4,23(5)6)33-20-25(18-24-14-11-10-12-15-24)19-27(31)26-16-13-17-30(26)28(32)34-29(7,8)9/h10-12,14-15,21-23,25-26H,13,16-20H2,1-9H3/t25?,26-/m0/s1. The summed E-state index contributed by atoms with van der Waals surface area (Å²) in [6.07, 6.45) is 2.37. The molecule has 1 saturated heterocycles. The monoisotopic (exact) mass is 503 g/mol. The van der Waals surface area contributed by atoms with Crippen LogP contribution in [0, 0.1) is 5.92 Å². The van der Waals surface area contributed by atoms with Gasteiger partial charge in [-0.15, -0.1) is 0 Å². The molecule has 0 spiro atoms. The molecule has 6 heteroatoms. The average Bonchev–Trinajstić information content (AvgIpc) is 3.23. The van der Waals surface area contributed by atoms with Gasteiger partial charge >= 0.3 is 6.09 Å². The molecule has 0 N–H and O–H groups in total. The fourth-order valence-corrected chi connectivity index (χ4v) is 11.5. The van der Waals surface area contributed by atoms with Crippen LogP contribution in [0.25, 0.3) is 0 Å². The van der Waals surface area contributed by atoms with Gasteiger partial charge in [-0.3, -0.25) is 9.69 Å². The Balaban J connectivity index is 2.21. The lowest BCUT2D eigenvalue weighted by atomic mass is 9.92. The maximum Gasteiger partial charge on any atom is 0.410 e. The maximum absolute atomic E-state index is 13.6. The van der Waals surface area contributed by atoms with Gasteiger partial charge in [0, 0.05) is 19.6 Å². The summed E-state index contributed by atoms with van der Waals surface area (Å²) >= 11 is 0. The van der Waals surface area contributed by atoms with E-state index in [-0.39, 0.29) is 17.8 Å². The van der Waals surface area contributed by atoms with E-state index in [1.165, 1.54) is 5.56 Å². The number of hydrogen-bond acceptors (Lipinski definition) is 4. The van der Waals surface area contributed by atoms with E-state index >= 15 is 0 Å². The quantitative estimate of drug-likeness (QED) is 0.295. The van der Waals surface area contributed by atoms with Crippen LogP contribution >= 0.6 is 0 Å². The summed E-state index contributed by atoms with van der Waals surface area (Å²) in [6.45, 7) is 20.5. The molecule has 5 nitrogen and oxygen atoms in total. The third-order valence-corrected chi connectivity index (χ3v) is 13.5. The second kappa shape index (κ2) is 12.5. The van der Waals surface area contributed by atoms with E-state index in [1.807, 2.05) is 39.0 Å². The first-order valence-electron chi connectivity index (χ1n) is 13.5. The van der Waals surface area contributed by atoms with Crippen LogP contribution in [0.1, 0.15) is 87.1 Å². The van der Waals surface area contributed by atoms with Crippen molar-refractivity contribution >= 4 is 20.2 Å². The predicted octanol–water partition coefficient (Wildman–Crippen LogP) is 7.40. The minimum Gasteiger partial charge on any atom is -0.444 e. The normalized spacial score (nSPS) is 17.9. The van der Waals surface area contributed by atoms with Crippen molar-refractivity contribution < 1.29 is 18.8 Å². The number of amides is 1. The average molecular weight is 504 g/mol. The van der Waals surface area contributed by atoms with E-state index < -0.39 is 20.0 Å². The molecule has 0 radical (unpaired) electrons.